The predicted molar refractivity (Wildman–Crippen MR) is 140 cm³/mol. The molecule has 5 rings (SSSR count). The van der Waals surface area contributed by atoms with Crippen LogP contribution in [0.3, 0.4) is 0 Å². The van der Waals surface area contributed by atoms with Gasteiger partial charge in [0.15, 0.2) is 0 Å². The van der Waals surface area contributed by atoms with Crippen molar-refractivity contribution in [2.45, 2.75) is 59.2 Å². The Morgan fingerprint density at radius 2 is 1.79 bits per heavy atom. The molecule has 38 heavy (non-hydrogen) atoms. The van der Waals surface area contributed by atoms with Crippen LogP contribution in [0.25, 0.3) is 0 Å². The monoisotopic (exact) mass is 535 g/mol. The first-order valence-corrected chi connectivity index (χ1v) is 13.5. The Morgan fingerprint density at radius 1 is 1.11 bits per heavy atom. The van der Waals surface area contributed by atoms with Crippen molar-refractivity contribution in [3.05, 3.63) is 47.0 Å². The Bertz CT molecular complexity index is 1070. The molecule has 2 bridgehead atoms. The minimum atomic E-state index is -4.51. The van der Waals surface area contributed by atoms with Crippen molar-refractivity contribution >= 4 is 12.0 Å². The maximum atomic E-state index is 13.6. The van der Waals surface area contributed by atoms with Gasteiger partial charge in [-0.1, -0.05) is 31.6 Å². The zero-order valence-corrected chi connectivity index (χ0v) is 23.1. The van der Waals surface area contributed by atoms with Crippen LogP contribution < -0.4 is 0 Å². The van der Waals surface area contributed by atoms with Crippen LogP contribution in [0.1, 0.15) is 63.4 Å². The molecule has 2 fully saturated rings. The van der Waals surface area contributed by atoms with Crippen molar-refractivity contribution in [2.75, 3.05) is 45.8 Å². The van der Waals surface area contributed by atoms with Gasteiger partial charge in [-0.15, -0.1) is 0 Å². The van der Waals surface area contributed by atoms with Crippen molar-refractivity contribution in [2.24, 2.45) is 17.3 Å². The first-order chi connectivity index (χ1) is 17.6. The second-order valence-electron chi connectivity index (χ2n) is 12.4. The van der Waals surface area contributed by atoms with Gasteiger partial charge in [-0.05, 0) is 69.1 Å². The number of piperazine rings is 1. The van der Waals surface area contributed by atoms with E-state index in [0.29, 0.717) is 57.6 Å². The molecule has 1 aromatic rings. The standard InChI is InChI=1S/C29H40F3N3O3/c1-27(2,3)38-26(37)34-14-11-33(12-15-34)13-16-35(19-21-9-10-22-18-24(21)28(22,4)5)25(36)20-7-6-8-23(17-20)29(30,31)32/h6-9,17,22,24H,10-16,18-19H2,1-5H3. The number of carbonyl (C=O) groups excluding carboxylic acids is 2. The third kappa shape index (κ3) is 6.35. The van der Waals surface area contributed by atoms with E-state index in [-0.39, 0.29) is 23.0 Å². The molecule has 9 heteroatoms. The molecule has 0 N–H and O–H groups in total. The van der Waals surface area contributed by atoms with Crippen LogP contribution in [0, 0.1) is 17.3 Å². The summed E-state index contributed by atoms with van der Waals surface area (Å²) in [4.78, 5) is 31.5. The van der Waals surface area contributed by atoms with Gasteiger partial charge in [0, 0.05) is 51.4 Å². The topological polar surface area (TPSA) is 53.1 Å². The molecule has 4 aliphatic rings. The number of rotatable bonds is 6. The van der Waals surface area contributed by atoms with Gasteiger partial charge in [0.1, 0.15) is 5.60 Å². The quantitative estimate of drug-likeness (QED) is 0.439. The van der Waals surface area contributed by atoms with Crippen molar-refractivity contribution in [1.29, 1.82) is 0 Å². The van der Waals surface area contributed by atoms with Gasteiger partial charge in [0.25, 0.3) is 5.91 Å². The van der Waals surface area contributed by atoms with Gasteiger partial charge in [-0.2, -0.15) is 13.2 Å². The van der Waals surface area contributed by atoms with E-state index in [1.54, 1.807) is 9.80 Å². The van der Waals surface area contributed by atoms with Gasteiger partial charge >= 0.3 is 12.3 Å². The lowest BCUT2D eigenvalue weighted by molar-refractivity contribution is -0.137. The second kappa shape index (κ2) is 10.5. The zero-order valence-electron chi connectivity index (χ0n) is 23.1. The fourth-order valence-electron chi connectivity index (χ4n) is 5.88. The molecular formula is C29H40F3N3O3. The average Bonchev–Trinajstić information content (AvgIpc) is 2.85. The minimum absolute atomic E-state index is 0.0525. The van der Waals surface area contributed by atoms with Crippen LogP contribution in [0.4, 0.5) is 18.0 Å². The Kier molecular flexibility index (Phi) is 7.90. The van der Waals surface area contributed by atoms with E-state index in [4.69, 9.17) is 4.74 Å². The molecule has 210 valence electrons. The van der Waals surface area contributed by atoms with Gasteiger partial charge in [-0.3, -0.25) is 9.69 Å². The fourth-order valence-corrected chi connectivity index (χ4v) is 5.88. The van der Waals surface area contributed by atoms with Crippen LogP contribution in [-0.4, -0.2) is 78.1 Å². The van der Waals surface area contributed by atoms with Crippen LogP contribution in [-0.2, 0) is 10.9 Å². The molecule has 6 nitrogen and oxygen atoms in total. The lowest BCUT2D eigenvalue weighted by atomic mass is 9.49. The third-order valence-corrected chi connectivity index (χ3v) is 8.39. The van der Waals surface area contributed by atoms with E-state index in [2.05, 4.69) is 24.8 Å². The average molecular weight is 536 g/mol. The summed E-state index contributed by atoms with van der Waals surface area (Å²) in [5.74, 6) is 0.671. The molecule has 3 aliphatic carbocycles. The molecule has 0 aromatic heterocycles. The molecule has 1 aromatic carbocycles. The van der Waals surface area contributed by atoms with E-state index in [0.717, 1.165) is 25.0 Å². The zero-order chi connectivity index (χ0) is 27.9. The summed E-state index contributed by atoms with van der Waals surface area (Å²) in [5, 5.41) is 0. The Morgan fingerprint density at radius 3 is 2.37 bits per heavy atom. The van der Waals surface area contributed by atoms with Crippen molar-refractivity contribution < 1.29 is 27.5 Å². The van der Waals surface area contributed by atoms with Crippen molar-refractivity contribution in [1.82, 2.24) is 14.7 Å². The van der Waals surface area contributed by atoms with E-state index >= 15 is 0 Å². The number of hydrogen-bond acceptors (Lipinski definition) is 4. The number of allylic oxidation sites excluding steroid dienone is 1. The maximum Gasteiger partial charge on any atom is 0.416 e. The highest BCUT2D eigenvalue weighted by atomic mass is 19.4. The third-order valence-electron chi connectivity index (χ3n) is 8.39. The first kappa shape index (κ1) is 28.5. The summed E-state index contributed by atoms with van der Waals surface area (Å²) in [6.45, 7) is 13.8. The number of ether oxygens (including phenoxy) is 1. The van der Waals surface area contributed by atoms with E-state index in [1.807, 2.05) is 20.8 Å². The molecule has 0 spiro atoms. The van der Waals surface area contributed by atoms with Crippen LogP contribution in [0.2, 0.25) is 0 Å². The van der Waals surface area contributed by atoms with Gasteiger partial charge < -0.3 is 14.5 Å². The number of halogens is 3. The smallest absolute Gasteiger partial charge is 0.416 e. The van der Waals surface area contributed by atoms with Crippen LogP contribution in [0.15, 0.2) is 35.9 Å². The summed E-state index contributed by atoms with van der Waals surface area (Å²) in [6.07, 6.45) is -0.514. The van der Waals surface area contributed by atoms with Gasteiger partial charge in [0.05, 0.1) is 5.56 Å². The summed E-state index contributed by atoms with van der Waals surface area (Å²) in [7, 11) is 0. The van der Waals surface area contributed by atoms with Gasteiger partial charge in [-0.25, -0.2) is 4.79 Å². The Balaban J connectivity index is 1.44. The molecular weight excluding hydrogens is 495 g/mol. The van der Waals surface area contributed by atoms with E-state index in [1.165, 1.54) is 17.7 Å². The number of nitrogens with zero attached hydrogens (tertiary/aromatic N) is 3. The first-order valence-electron chi connectivity index (χ1n) is 13.5. The number of fused-ring (bicyclic) bond motifs is 1. The molecule has 2 unspecified atom stereocenters. The van der Waals surface area contributed by atoms with Crippen LogP contribution >= 0.6 is 0 Å². The Labute approximate surface area is 223 Å². The summed E-state index contributed by atoms with van der Waals surface area (Å²) >= 11 is 0. The van der Waals surface area contributed by atoms with Gasteiger partial charge in [0.2, 0.25) is 0 Å². The second-order valence-corrected chi connectivity index (χ2v) is 12.4. The molecule has 1 saturated heterocycles. The number of carbonyl (C=O) groups is 2. The molecule has 1 aliphatic heterocycles. The van der Waals surface area contributed by atoms with Crippen molar-refractivity contribution in [3.63, 3.8) is 0 Å². The number of hydrogen-bond donors (Lipinski definition) is 0. The minimum Gasteiger partial charge on any atom is -0.444 e. The highest BCUT2D eigenvalue weighted by molar-refractivity contribution is 5.94. The van der Waals surface area contributed by atoms with E-state index < -0.39 is 17.3 Å². The molecule has 1 heterocycles. The lowest BCUT2D eigenvalue weighted by Gasteiger charge is -2.57. The molecule has 1 saturated carbocycles. The highest BCUT2D eigenvalue weighted by Gasteiger charge is 2.51. The van der Waals surface area contributed by atoms with E-state index in [9.17, 15) is 22.8 Å². The Hall–Kier alpha value is -2.55. The molecule has 2 amide bonds. The largest absolute Gasteiger partial charge is 0.444 e. The summed E-state index contributed by atoms with van der Waals surface area (Å²) < 4.78 is 45.5. The number of benzene rings is 1. The summed E-state index contributed by atoms with van der Waals surface area (Å²) in [6, 6.07) is 4.70. The number of alkyl halides is 3. The summed E-state index contributed by atoms with van der Waals surface area (Å²) in [5.41, 5.74) is 0.0830. The highest BCUT2D eigenvalue weighted by Crippen LogP contribution is 2.59. The SMILES string of the molecule is CC(C)(C)OC(=O)N1CCN(CCN(CC2=CCC3CC2C3(C)C)C(=O)c2cccc(C(F)(F)F)c2)CC1. The maximum absolute atomic E-state index is 13.6. The van der Waals surface area contributed by atoms with Crippen LogP contribution in [0.5, 0.6) is 0 Å². The predicted octanol–water partition coefficient (Wildman–Crippen LogP) is 5.69. The van der Waals surface area contributed by atoms with Crippen molar-refractivity contribution in [3.8, 4) is 0 Å². The normalized spacial score (nSPS) is 23.4. The number of amides is 2. The molecule has 0 radical (unpaired) electrons. The molecule has 2 atom stereocenters. The fraction of sp³-hybridized carbons (Fsp3) is 0.655. The lowest BCUT2D eigenvalue weighted by Crippen LogP contribution is -2.52.